The van der Waals surface area contributed by atoms with Crippen LogP contribution in [0.1, 0.15) is 28.4 Å². The Morgan fingerprint density at radius 3 is 2.49 bits per heavy atom. The van der Waals surface area contributed by atoms with Crippen LogP contribution in [0.5, 0.6) is 5.75 Å². The average Bonchev–Trinajstić information content (AvgIpc) is 3.19. The van der Waals surface area contributed by atoms with Crippen molar-refractivity contribution in [3.8, 4) is 5.75 Å². The van der Waals surface area contributed by atoms with Gasteiger partial charge in [-0.05, 0) is 48.9 Å². The largest absolute Gasteiger partial charge is 0.506 e. The van der Waals surface area contributed by atoms with E-state index in [1.807, 2.05) is 48.5 Å². The van der Waals surface area contributed by atoms with Crippen molar-refractivity contribution >= 4 is 62.3 Å². The number of aliphatic imine (C=N–C) groups is 1. The molecule has 0 bridgehead atoms. The second-order valence-electron chi connectivity index (χ2n) is 7.71. The van der Waals surface area contributed by atoms with Crippen LogP contribution in [0.4, 0.5) is 0 Å². The number of benzene rings is 3. The van der Waals surface area contributed by atoms with Crippen LogP contribution in [0.15, 0.2) is 98.5 Å². The molecule has 188 valence electrons. The van der Waals surface area contributed by atoms with Crippen LogP contribution >= 0.6 is 39.3 Å². The molecule has 37 heavy (non-hydrogen) atoms. The number of rotatable bonds is 7. The fourth-order valence-corrected chi connectivity index (χ4v) is 4.88. The van der Waals surface area contributed by atoms with Gasteiger partial charge in [0.1, 0.15) is 28.7 Å². The molecule has 0 saturated carbocycles. The van der Waals surface area contributed by atoms with Crippen LogP contribution in [0.25, 0.3) is 6.08 Å². The maximum atomic E-state index is 12.8. The van der Waals surface area contributed by atoms with Gasteiger partial charge in [-0.15, -0.1) is 0 Å². The van der Waals surface area contributed by atoms with Crippen LogP contribution in [-0.2, 0) is 16.1 Å². The first-order valence-electron chi connectivity index (χ1n) is 11.2. The van der Waals surface area contributed by atoms with Gasteiger partial charge in [-0.1, -0.05) is 81.8 Å². The van der Waals surface area contributed by atoms with Crippen molar-refractivity contribution in [3.63, 3.8) is 0 Å². The topological polar surface area (TPSA) is 85.2 Å². The maximum Gasteiger partial charge on any atom is 0.344 e. The number of amides is 1. The molecule has 1 amide bonds. The molecule has 0 fully saturated rings. The van der Waals surface area contributed by atoms with E-state index in [1.54, 1.807) is 31.2 Å². The number of ether oxygens (including phenoxy) is 2. The minimum atomic E-state index is -0.776. The van der Waals surface area contributed by atoms with Crippen molar-refractivity contribution in [1.29, 1.82) is 0 Å². The van der Waals surface area contributed by atoms with Crippen LogP contribution < -0.4 is 4.74 Å². The first-order valence-corrected chi connectivity index (χ1v) is 13.2. The molecule has 0 aromatic heterocycles. The fourth-order valence-electron chi connectivity index (χ4n) is 3.39. The van der Waals surface area contributed by atoms with Crippen LogP contribution in [-0.4, -0.2) is 28.6 Å². The molecule has 1 heterocycles. The molecule has 4 rings (SSSR count). The van der Waals surface area contributed by atoms with E-state index in [2.05, 4.69) is 20.9 Å². The number of carbonyl (C=O) groups excluding carboxylic acids is 2. The Hall–Kier alpha value is -3.33. The molecular formula is C28H21BrClNO5S. The summed E-state index contributed by atoms with van der Waals surface area (Å²) < 4.78 is 12.1. The molecule has 0 unspecified atom stereocenters. The molecule has 0 saturated heterocycles. The van der Waals surface area contributed by atoms with Gasteiger partial charge in [0.25, 0.3) is 5.91 Å². The molecule has 1 aliphatic heterocycles. The summed E-state index contributed by atoms with van der Waals surface area (Å²) in [6.07, 6.45) is 1.68. The quantitative estimate of drug-likeness (QED) is 0.286. The number of aliphatic hydroxyl groups excluding tert-OH is 1. The number of esters is 1. The number of aliphatic hydroxyl groups is 1. The van der Waals surface area contributed by atoms with Crippen LogP contribution in [0, 0.1) is 0 Å². The zero-order chi connectivity index (χ0) is 26.4. The molecule has 1 N–H and O–H groups in total. The normalized spacial score (nSPS) is 15.3. The summed E-state index contributed by atoms with van der Waals surface area (Å²) in [5, 5.41) is 11.2. The van der Waals surface area contributed by atoms with E-state index in [-0.39, 0.29) is 33.6 Å². The van der Waals surface area contributed by atoms with Gasteiger partial charge in [0.2, 0.25) is 0 Å². The van der Waals surface area contributed by atoms with Crippen molar-refractivity contribution in [3.05, 3.63) is 115 Å². The van der Waals surface area contributed by atoms with Gasteiger partial charge in [0.05, 0.1) is 22.1 Å². The van der Waals surface area contributed by atoms with Crippen LogP contribution in [0.3, 0.4) is 0 Å². The Morgan fingerprint density at radius 2 is 1.76 bits per heavy atom. The molecule has 3 aromatic rings. The van der Waals surface area contributed by atoms with Gasteiger partial charge in [-0.3, -0.25) is 4.79 Å². The Balaban J connectivity index is 1.66. The van der Waals surface area contributed by atoms with Crippen molar-refractivity contribution in [2.45, 2.75) is 13.5 Å². The van der Waals surface area contributed by atoms with E-state index in [1.165, 1.54) is 6.07 Å². The highest BCUT2D eigenvalue weighted by Crippen LogP contribution is 2.40. The lowest BCUT2D eigenvalue weighted by Gasteiger charge is -2.10. The summed E-state index contributed by atoms with van der Waals surface area (Å²) in [6.45, 7) is 2.09. The predicted octanol–water partition coefficient (Wildman–Crippen LogP) is 7.38. The lowest BCUT2D eigenvalue weighted by Crippen LogP contribution is -2.14. The average molecular weight is 599 g/mol. The number of nitrogens with zero attached hydrogens (tertiary/aromatic N) is 1. The summed E-state index contributed by atoms with van der Waals surface area (Å²) in [4.78, 5) is 29.9. The van der Waals surface area contributed by atoms with Crippen molar-refractivity contribution in [2.75, 3.05) is 6.61 Å². The molecule has 3 aromatic carbocycles. The summed E-state index contributed by atoms with van der Waals surface area (Å²) >= 11 is 10.5. The highest BCUT2D eigenvalue weighted by Gasteiger charge is 2.34. The zero-order valence-electron chi connectivity index (χ0n) is 19.6. The molecule has 1 aliphatic rings. The van der Waals surface area contributed by atoms with Gasteiger partial charge in [0.15, 0.2) is 0 Å². The van der Waals surface area contributed by atoms with E-state index in [9.17, 15) is 14.7 Å². The number of para-hydroxylation sites is 1. The Labute approximate surface area is 231 Å². The minimum absolute atomic E-state index is 0.0281. The first-order chi connectivity index (χ1) is 17.9. The SMILES string of the molecule is CCOC(=O)C1=C(O)/C(=C/c2ccccc2OCc2ccc(Br)cc2)SC1=NC(=O)c1ccccc1Cl. The van der Waals surface area contributed by atoms with Crippen molar-refractivity contribution < 1.29 is 24.2 Å². The summed E-state index contributed by atoms with van der Waals surface area (Å²) in [7, 11) is 0. The summed E-state index contributed by atoms with van der Waals surface area (Å²) in [5.41, 5.74) is 1.67. The molecule has 0 radical (unpaired) electrons. The Morgan fingerprint density at radius 1 is 1.05 bits per heavy atom. The summed E-state index contributed by atoms with van der Waals surface area (Å²) in [6, 6.07) is 21.6. The second-order valence-corrected chi connectivity index (χ2v) is 10.1. The predicted molar refractivity (Wildman–Crippen MR) is 150 cm³/mol. The van der Waals surface area contributed by atoms with Gasteiger partial charge in [-0.2, -0.15) is 0 Å². The number of carbonyl (C=O) groups is 2. The number of halogens is 2. The van der Waals surface area contributed by atoms with Crippen molar-refractivity contribution in [2.24, 2.45) is 4.99 Å². The van der Waals surface area contributed by atoms with E-state index in [0.717, 1.165) is 21.8 Å². The van der Waals surface area contributed by atoms with Gasteiger partial charge < -0.3 is 14.6 Å². The standard InChI is InChI=1S/C28H21BrClNO5S/c1-2-35-28(34)24-25(32)23(37-27(24)31-26(33)20-8-4-5-9-21(20)30)15-18-7-3-6-10-22(18)36-16-17-11-13-19(29)14-12-17/h3-15,32H,2,16H2,1H3/b23-15-,31-27?. The van der Waals surface area contributed by atoms with E-state index >= 15 is 0 Å². The third-order valence-electron chi connectivity index (χ3n) is 5.19. The molecule has 0 spiro atoms. The minimum Gasteiger partial charge on any atom is -0.506 e. The van der Waals surface area contributed by atoms with Crippen LogP contribution in [0.2, 0.25) is 5.02 Å². The smallest absolute Gasteiger partial charge is 0.344 e. The van der Waals surface area contributed by atoms with E-state index in [4.69, 9.17) is 21.1 Å². The molecule has 0 atom stereocenters. The number of hydrogen-bond acceptors (Lipinski definition) is 6. The van der Waals surface area contributed by atoms with Gasteiger partial charge in [0, 0.05) is 10.0 Å². The maximum absolute atomic E-state index is 12.8. The summed E-state index contributed by atoms with van der Waals surface area (Å²) in [5.74, 6) is -1.15. The highest BCUT2D eigenvalue weighted by atomic mass is 79.9. The lowest BCUT2D eigenvalue weighted by atomic mass is 10.1. The number of hydrogen-bond donors (Lipinski definition) is 1. The molecular weight excluding hydrogens is 578 g/mol. The molecule has 6 nitrogen and oxygen atoms in total. The van der Waals surface area contributed by atoms with Crippen molar-refractivity contribution in [1.82, 2.24) is 0 Å². The van der Waals surface area contributed by atoms with Gasteiger partial charge >= 0.3 is 5.97 Å². The van der Waals surface area contributed by atoms with Gasteiger partial charge in [-0.25, -0.2) is 9.79 Å². The highest BCUT2D eigenvalue weighted by molar-refractivity contribution is 9.10. The fraction of sp³-hybridized carbons (Fsp3) is 0.107. The second kappa shape index (κ2) is 12.3. The molecule has 0 aliphatic carbocycles. The monoisotopic (exact) mass is 597 g/mol. The van der Waals surface area contributed by atoms with E-state index < -0.39 is 11.9 Å². The third kappa shape index (κ3) is 6.52. The Kier molecular flexibility index (Phi) is 8.87. The molecule has 9 heteroatoms. The third-order valence-corrected chi connectivity index (χ3v) is 7.07. The van der Waals surface area contributed by atoms with E-state index in [0.29, 0.717) is 22.8 Å². The first kappa shape index (κ1) is 26.7. The zero-order valence-corrected chi connectivity index (χ0v) is 22.8. The lowest BCUT2D eigenvalue weighted by molar-refractivity contribution is -0.138. The Bertz CT molecular complexity index is 1430. The number of thioether (sulfide) groups is 1.